The molecular formula is C15H18N2O2S. The van der Waals surface area contributed by atoms with Crippen molar-refractivity contribution in [2.45, 2.75) is 6.54 Å². The van der Waals surface area contributed by atoms with Gasteiger partial charge in [0.15, 0.2) is 0 Å². The number of sulfone groups is 1. The average molecular weight is 290 g/mol. The summed E-state index contributed by atoms with van der Waals surface area (Å²) in [6, 6.07) is 13.9. The number of benzene rings is 1. The zero-order chi connectivity index (χ0) is 14.4. The largest absolute Gasteiger partial charge is 0.312 e. The van der Waals surface area contributed by atoms with Crippen LogP contribution < -0.4 is 5.32 Å². The number of rotatable bonds is 6. The molecule has 1 aromatic carbocycles. The molecule has 0 atom stereocenters. The molecule has 0 saturated carbocycles. The van der Waals surface area contributed by atoms with Crippen LogP contribution in [0.2, 0.25) is 0 Å². The summed E-state index contributed by atoms with van der Waals surface area (Å²) in [6.45, 7) is 1.14. The molecule has 1 aromatic heterocycles. The normalized spacial score (nSPS) is 11.4. The van der Waals surface area contributed by atoms with E-state index in [-0.39, 0.29) is 5.75 Å². The highest BCUT2D eigenvalue weighted by Gasteiger charge is 2.01. The zero-order valence-corrected chi connectivity index (χ0v) is 12.2. The number of nitrogens with one attached hydrogen (secondary N) is 1. The van der Waals surface area contributed by atoms with Crippen LogP contribution in [0, 0.1) is 0 Å². The van der Waals surface area contributed by atoms with E-state index >= 15 is 0 Å². The molecule has 5 heteroatoms. The molecule has 2 rings (SSSR count). The Labute approximate surface area is 119 Å². The molecule has 2 aromatic rings. The van der Waals surface area contributed by atoms with E-state index in [9.17, 15) is 8.42 Å². The van der Waals surface area contributed by atoms with E-state index in [4.69, 9.17) is 0 Å². The average Bonchev–Trinajstić information content (AvgIpc) is 2.44. The first-order chi connectivity index (χ1) is 9.54. The minimum absolute atomic E-state index is 0.166. The Balaban J connectivity index is 1.89. The zero-order valence-electron chi connectivity index (χ0n) is 11.4. The van der Waals surface area contributed by atoms with Crippen molar-refractivity contribution >= 4 is 9.84 Å². The molecule has 0 aliphatic carbocycles. The van der Waals surface area contributed by atoms with Gasteiger partial charge < -0.3 is 5.32 Å². The summed E-state index contributed by atoms with van der Waals surface area (Å²) < 4.78 is 22.0. The first-order valence-corrected chi connectivity index (χ1v) is 8.49. The molecule has 106 valence electrons. The Morgan fingerprint density at radius 3 is 2.45 bits per heavy atom. The molecule has 0 amide bonds. The van der Waals surface area contributed by atoms with Crippen LogP contribution >= 0.6 is 0 Å². The number of hydrogen-bond donors (Lipinski definition) is 1. The fraction of sp³-hybridized carbons (Fsp3) is 0.267. The van der Waals surface area contributed by atoms with Gasteiger partial charge in [0.05, 0.1) is 11.4 Å². The summed E-state index contributed by atoms with van der Waals surface area (Å²) in [5.74, 6) is 0.166. The van der Waals surface area contributed by atoms with Gasteiger partial charge in [0.25, 0.3) is 0 Å². The number of nitrogens with zero attached hydrogens (tertiary/aromatic N) is 1. The van der Waals surface area contributed by atoms with E-state index in [0.717, 1.165) is 16.8 Å². The van der Waals surface area contributed by atoms with Crippen LogP contribution in [0.1, 0.15) is 5.56 Å². The third-order valence-corrected chi connectivity index (χ3v) is 3.84. The van der Waals surface area contributed by atoms with Crippen LogP contribution in [0.4, 0.5) is 0 Å². The molecule has 0 aliphatic rings. The van der Waals surface area contributed by atoms with Crippen molar-refractivity contribution in [2.75, 3.05) is 18.6 Å². The van der Waals surface area contributed by atoms with E-state index in [1.54, 1.807) is 6.20 Å². The molecule has 1 N–H and O–H groups in total. The van der Waals surface area contributed by atoms with Gasteiger partial charge in [0.2, 0.25) is 0 Å². The molecule has 0 saturated heterocycles. The number of pyridine rings is 1. The fourth-order valence-corrected chi connectivity index (χ4v) is 2.33. The molecule has 0 unspecified atom stereocenters. The number of aromatic nitrogens is 1. The lowest BCUT2D eigenvalue weighted by Crippen LogP contribution is -2.21. The van der Waals surface area contributed by atoms with Crippen molar-refractivity contribution in [3.05, 3.63) is 54.2 Å². The Morgan fingerprint density at radius 2 is 1.85 bits per heavy atom. The third kappa shape index (κ3) is 4.75. The lowest BCUT2D eigenvalue weighted by Gasteiger charge is -2.05. The smallest absolute Gasteiger partial charge is 0.148 e. The van der Waals surface area contributed by atoms with Crippen molar-refractivity contribution in [3.63, 3.8) is 0 Å². The quantitative estimate of drug-likeness (QED) is 0.825. The Kier molecular flexibility index (Phi) is 4.87. The van der Waals surface area contributed by atoms with Gasteiger partial charge in [-0.1, -0.05) is 30.3 Å². The maximum atomic E-state index is 11.0. The Hall–Kier alpha value is -1.72. The predicted molar refractivity (Wildman–Crippen MR) is 81.1 cm³/mol. The highest BCUT2D eigenvalue weighted by molar-refractivity contribution is 7.90. The SMILES string of the molecule is CS(=O)(=O)CCNCc1ccc(-c2ccccn2)cc1. The van der Waals surface area contributed by atoms with Gasteiger partial charge in [0, 0.05) is 31.1 Å². The lowest BCUT2D eigenvalue weighted by molar-refractivity contribution is 0.596. The second kappa shape index (κ2) is 6.63. The first kappa shape index (κ1) is 14.7. The lowest BCUT2D eigenvalue weighted by atomic mass is 10.1. The summed E-state index contributed by atoms with van der Waals surface area (Å²) in [6.07, 6.45) is 3.02. The van der Waals surface area contributed by atoms with Crippen LogP contribution in [-0.4, -0.2) is 32.0 Å². The minimum Gasteiger partial charge on any atom is -0.312 e. The molecule has 0 fully saturated rings. The summed E-state index contributed by atoms with van der Waals surface area (Å²) in [4.78, 5) is 4.30. The standard InChI is InChI=1S/C15H18N2O2S/c1-20(18,19)11-10-16-12-13-5-7-14(8-6-13)15-4-2-3-9-17-15/h2-9,16H,10-12H2,1H3. The highest BCUT2D eigenvalue weighted by atomic mass is 32.2. The molecular weight excluding hydrogens is 272 g/mol. The highest BCUT2D eigenvalue weighted by Crippen LogP contribution is 2.16. The van der Waals surface area contributed by atoms with E-state index in [1.165, 1.54) is 6.26 Å². The van der Waals surface area contributed by atoms with Crippen LogP contribution in [-0.2, 0) is 16.4 Å². The van der Waals surface area contributed by atoms with E-state index in [2.05, 4.69) is 10.3 Å². The molecule has 1 heterocycles. The Bertz CT molecular complexity index is 637. The van der Waals surface area contributed by atoms with Crippen molar-refractivity contribution in [3.8, 4) is 11.3 Å². The summed E-state index contributed by atoms with van der Waals surface area (Å²) in [7, 11) is -2.89. The van der Waals surface area contributed by atoms with Crippen molar-refractivity contribution in [1.82, 2.24) is 10.3 Å². The van der Waals surface area contributed by atoms with Gasteiger partial charge in [0.1, 0.15) is 9.84 Å². The van der Waals surface area contributed by atoms with Gasteiger partial charge >= 0.3 is 0 Å². The summed E-state index contributed by atoms with van der Waals surface area (Å²) in [5.41, 5.74) is 3.15. The fourth-order valence-electron chi connectivity index (χ4n) is 1.82. The van der Waals surface area contributed by atoms with Crippen LogP contribution in [0.25, 0.3) is 11.3 Å². The summed E-state index contributed by atoms with van der Waals surface area (Å²) in [5, 5.41) is 3.12. The van der Waals surface area contributed by atoms with Gasteiger partial charge in [-0.25, -0.2) is 8.42 Å². The van der Waals surface area contributed by atoms with Gasteiger partial charge in [-0.15, -0.1) is 0 Å². The van der Waals surface area contributed by atoms with E-state index in [1.807, 2.05) is 42.5 Å². The maximum Gasteiger partial charge on any atom is 0.148 e. The second-order valence-corrected chi connectivity index (χ2v) is 6.98. The first-order valence-electron chi connectivity index (χ1n) is 6.43. The van der Waals surface area contributed by atoms with Crippen LogP contribution in [0.3, 0.4) is 0 Å². The molecule has 0 bridgehead atoms. The molecule has 4 nitrogen and oxygen atoms in total. The molecule has 0 spiro atoms. The van der Waals surface area contributed by atoms with Gasteiger partial charge in [-0.05, 0) is 17.7 Å². The second-order valence-electron chi connectivity index (χ2n) is 4.72. The van der Waals surface area contributed by atoms with Crippen LogP contribution in [0.15, 0.2) is 48.7 Å². The van der Waals surface area contributed by atoms with E-state index in [0.29, 0.717) is 13.1 Å². The van der Waals surface area contributed by atoms with Crippen molar-refractivity contribution < 1.29 is 8.42 Å². The molecule has 0 radical (unpaired) electrons. The predicted octanol–water partition coefficient (Wildman–Crippen LogP) is 1.88. The molecule has 0 aliphatic heterocycles. The molecule has 20 heavy (non-hydrogen) atoms. The van der Waals surface area contributed by atoms with Crippen LogP contribution in [0.5, 0.6) is 0 Å². The van der Waals surface area contributed by atoms with Gasteiger partial charge in [-0.2, -0.15) is 0 Å². The number of hydrogen-bond acceptors (Lipinski definition) is 4. The van der Waals surface area contributed by atoms with E-state index < -0.39 is 9.84 Å². The maximum absolute atomic E-state index is 11.0. The Morgan fingerprint density at radius 1 is 1.10 bits per heavy atom. The summed E-state index contributed by atoms with van der Waals surface area (Å²) >= 11 is 0. The van der Waals surface area contributed by atoms with Crippen molar-refractivity contribution in [2.24, 2.45) is 0 Å². The van der Waals surface area contributed by atoms with Crippen molar-refractivity contribution in [1.29, 1.82) is 0 Å². The minimum atomic E-state index is -2.89. The monoisotopic (exact) mass is 290 g/mol. The van der Waals surface area contributed by atoms with Gasteiger partial charge in [-0.3, -0.25) is 4.98 Å². The topological polar surface area (TPSA) is 59.1 Å². The third-order valence-electron chi connectivity index (χ3n) is 2.89.